The van der Waals surface area contributed by atoms with Crippen molar-refractivity contribution in [2.24, 2.45) is 0 Å². The van der Waals surface area contributed by atoms with E-state index in [9.17, 15) is 5.11 Å². The van der Waals surface area contributed by atoms with Gasteiger partial charge in [0.25, 0.3) is 0 Å². The van der Waals surface area contributed by atoms with Crippen LogP contribution < -0.4 is 0 Å². The van der Waals surface area contributed by atoms with Gasteiger partial charge >= 0.3 is 0 Å². The predicted molar refractivity (Wildman–Crippen MR) is 46.9 cm³/mol. The average molecular weight is 182 g/mol. The number of pyridine rings is 1. The first-order chi connectivity index (χ1) is 5.79. The van der Waals surface area contributed by atoms with E-state index < -0.39 is 6.10 Å². The molecule has 0 fully saturated rings. The molecule has 0 aromatic carbocycles. The first kappa shape index (κ1) is 7.77. The van der Waals surface area contributed by atoms with Gasteiger partial charge in [-0.15, -0.1) is 11.6 Å². The zero-order valence-electron chi connectivity index (χ0n) is 6.31. The van der Waals surface area contributed by atoms with Gasteiger partial charge in [0.1, 0.15) is 6.10 Å². The van der Waals surface area contributed by atoms with Gasteiger partial charge in [-0.3, -0.25) is 4.98 Å². The third kappa shape index (κ3) is 1.13. The average Bonchev–Trinajstić information content (AvgIpc) is 2.12. The molecular weight excluding hydrogens is 174 g/mol. The summed E-state index contributed by atoms with van der Waals surface area (Å²) in [5.74, 6) is 0. The molecule has 0 radical (unpaired) electrons. The van der Waals surface area contributed by atoms with Crippen LogP contribution in [-0.4, -0.2) is 10.1 Å². The lowest BCUT2D eigenvalue weighted by Crippen LogP contribution is -2.07. The number of aromatic nitrogens is 1. The first-order valence-corrected chi connectivity index (χ1v) is 4.18. The molecule has 0 saturated carbocycles. The summed E-state index contributed by atoms with van der Waals surface area (Å²) < 4.78 is 0. The van der Waals surface area contributed by atoms with Gasteiger partial charge in [-0.05, 0) is 11.6 Å². The molecule has 12 heavy (non-hydrogen) atoms. The third-order valence-corrected chi connectivity index (χ3v) is 2.29. The molecule has 1 aliphatic carbocycles. The fourth-order valence-electron chi connectivity index (χ4n) is 1.31. The second-order valence-corrected chi connectivity index (χ2v) is 3.18. The predicted octanol–water partition coefficient (Wildman–Crippen LogP) is 1.96. The maximum Gasteiger partial charge on any atom is 0.114 e. The van der Waals surface area contributed by atoms with Crippen molar-refractivity contribution in [1.29, 1.82) is 0 Å². The van der Waals surface area contributed by atoms with Gasteiger partial charge in [-0.2, -0.15) is 0 Å². The number of fused-ring (bicyclic) bond motifs is 1. The smallest absolute Gasteiger partial charge is 0.114 e. The molecule has 1 aromatic rings. The van der Waals surface area contributed by atoms with E-state index in [-0.39, 0.29) is 5.38 Å². The SMILES string of the molecule is OC1C=CC(Cl)c2cccnc21. The molecule has 1 aliphatic rings. The van der Waals surface area contributed by atoms with Crippen LogP contribution in [0, 0.1) is 0 Å². The fourth-order valence-corrected chi connectivity index (χ4v) is 1.58. The van der Waals surface area contributed by atoms with Crippen molar-refractivity contribution in [2.75, 3.05) is 0 Å². The standard InChI is InChI=1S/C9H8ClNO/c10-7-3-4-8(12)9-6(7)2-1-5-11-9/h1-5,7-8,12H. The quantitative estimate of drug-likeness (QED) is 0.490. The second kappa shape index (κ2) is 2.88. The monoisotopic (exact) mass is 181 g/mol. The number of alkyl halides is 1. The number of aliphatic hydroxyl groups is 1. The molecule has 2 rings (SSSR count). The lowest BCUT2D eigenvalue weighted by molar-refractivity contribution is 0.220. The molecule has 0 aliphatic heterocycles. The molecular formula is C9H8ClNO. The number of hydrogen-bond donors (Lipinski definition) is 1. The highest BCUT2D eigenvalue weighted by Crippen LogP contribution is 2.32. The van der Waals surface area contributed by atoms with E-state index in [0.717, 1.165) is 5.56 Å². The summed E-state index contributed by atoms with van der Waals surface area (Å²) in [5, 5.41) is 9.32. The lowest BCUT2D eigenvalue weighted by Gasteiger charge is -2.17. The van der Waals surface area contributed by atoms with Crippen molar-refractivity contribution in [3.8, 4) is 0 Å². The van der Waals surface area contributed by atoms with Gasteiger partial charge in [-0.1, -0.05) is 18.2 Å². The van der Waals surface area contributed by atoms with E-state index in [1.807, 2.05) is 12.1 Å². The summed E-state index contributed by atoms with van der Waals surface area (Å²) in [6.07, 6.45) is 4.49. The number of hydrogen-bond acceptors (Lipinski definition) is 2. The molecule has 0 bridgehead atoms. The van der Waals surface area contributed by atoms with Gasteiger partial charge in [0.05, 0.1) is 11.1 Å². The highest BCUT2D eigenvalue weighted by molar-refractivity contribution is 6.22. The van der Waals surface area contributed by atoms with Crippen molar-refractivity contribution in [1.82, 2.24) is 4.98 Å². The minimum atomic E-state index is -0.601. The number of allylic oxidation sites excluding steroid dienone is 1. The minimum absolute atomic E-state index is 0.155. The van der Waals surface area contributed by atoms with Crippen molar-refractivity contribution in [2.45, 2.75) is 11.5 Å². The summed E-state index contributed by atoms with van der Waals surface area (Å²) in [6, 6.07) is 3.70. The van der Waals surface area contributed by atoms with Crippen molar-refractivity contribution in [3.05, 3.63) is 41.7 Å². The summed E-state index contributed by atoms with van der Waals surface area (Å²) in [6.45, 7) is 0. The molecule has 2 atom stereocenters. The first-order valence-electron chi connectivity index (χ1n) is 3.74. The van der Waals surface area contributed by atoms with Crippen LogP contribution in [0.3, 0.4) is 0 Å². The Kier molecular flexibility index (Phi) is 1.87. The van der Waals surface area contributed by atoms with Crippen LogP contribution in [-0.2, 0) is 0 Å². The Balaban J connectivity index is 2.54. The van der Waals surface area contributed by atoms with Crippen molar-refractivity contribution < 1.29 is 5.11 Å². The molecule has 0 saturated heterocycles. The van der Waals surface area contributed by atoms with Crippen LogP contribution in [0.15, 0.2) is 30.5 Å². The van der Waals surface area contributed by atoms with E-state index in [1.54, 1.807) is 18.3 Å². The van der Waals surface area contributed by atoms with E-state index >= 15 is 0 Å². The van der Waals surface area contributed by atoms with Crippen LogP contribution >= 0.6 is 11.6 Å². The molecule has 1 aromatic heterocycles. The number of aliphatic hydroxyl groups excluding tert-OH is 1. The summed E-state index contributed by atoms with van der Waals surface area (Å²) in [7, 11) is 0. The Morgan fingerprint density at radius 2 is 2.25 bits per heavy atom. The molecule has 2 nitrogen and oxygen atoms in total. The molecule has 0 amide bonds. The van der Waals surface area contributed by atoms with Crippen LogP contribution in [0.1, 0.15) is 22.7 Å². The third-order valence-electron chi connectivity index (χ3n) is 1.91. The Labute approximate surface area is 75.5 Å². The Hall–Kier alpha value is -0.860. The molecule has 1 heterocycles. The van der Waals surface area contributed by atoms with Crippen LogP contribution in [0.2, 0.25) is 0 Å². The van der Waals surface area contributed by atoms with E-state index in [2.05, 4.69) is 4.98 Å². The zero-order valence-corrected chi connectivity index (χ0v) is 7.07. The second-order valence-electron chi connectivity index (χ2n) is 2.71. The molecule has 62 valence electrons. The van der Waals surface area contributed by atoms with Crippen molar-refractivity contribution >= 4 is 11.6 Å². The number of halogens is 1. The van der Waals surface area contributed by atoms with Crippen molar-refractivity contribution in [3.63, 3.8) is 0 Å². The Morgan fingerprint density at radius 1 is 1.42 bits per heavy atom. The molecule has 3 heteroatoms. The van der Waals surface area contributed by atoms with Gasteiger partial charge in [0.15, 0.2) is 0 Å². The molecule has 0 spiro atoms. The highest BCUT2D eigenvalue weighted by atomic mass is 35.5. The topological polar surface area (TPSA) is 33.1 Å². The van der Waals surface area contributed by atoms with Gasteiger partial charge < -0.3 is 5.11 Å². The number of rotatable bonds is 0. The van der Waals surface area contributed by atoms with Crippen LogP contribution in [0.5, 0.6) is 0 Å². The maximum absolute atomic E-state index is 9.47. The Bertz CT molecular complexity index is 293. The van der Waals surface area contributed by atoms with Gasteiger partial charge in [0, 0.05) is 6.20 Å². The summed E-state index contributed by atoms with van der Waals surface area (Å²) in [4.78, 5) is 4.06. The van der Waals surface area contributed by atoms with Crippen LogP contribution in [0.25, 0.3) is 0 Å². The Morgan fingerprint density at radius 3 is 3.00 bits per heavy atom. The normalized spacial score (nSPS) is 26.8. The molecule has 1 N–H and O–H groups in total. The summed E-state index contributed by atoms with van der Waals surface area (Å²) in [5.41, 5.74) is 1.56. The van der Waals surface area contributed by atoms with Crippen LogP contribution in [0.4, 0.5) is 0 Å². The van der Waals surface area contributed by atoms with E-state index in [1.165, 1.54) is 0 Å². The number of nitrogens with zero attached hydrogens (tertiary/aromatic N) is 1. The molecule has 2 unspecified atom stereocenters. The highest BCUT2D eigenvalue weighted by Gasteiger charge is 2.19. The van der Waals surface area contributed by atoms with Gasteiger partial charge in [0.2, 0.25) is 0 Å². The maximum atomic E-state index is 9.47. The van der Waals surface area contributed by atoms with Gasteiger partial charge in [-0.25, -0.2) is 0 Å². The fraction of sp³-hybridized carbons (Fsp3) is 0.222. The summed E-state index contributed by atoms with van der Waals surface area (Å²) >= 11 is 5.97. The zero-order chi connectivity index (χ0) is 8.55. The van der Waals surface area contributed by atoms with E-state index in [0.29, 0.717) is 5.69 Å². The van der Waals surface area contributed by atoms with E-state index in [4.69, 9.17) is 11.6 Å². The largest absolute Gasteiger partial charge is 0.383 e. The lowest BCUT2D eigenvalue weighted by atomic mass is 10.00. The minimum Gasteiger partial charge on any atom is -0.383 e.